The normalized spacial score (nSPS) is 11.9. The van der Waals surface area contributed by atoms with Gasteiger partial charge in [0, 0.05) is 23.9 Å². The zero-order valence-corrected chi connectivity index (χ0v) is 12.1. The summed E-state index contributed by atoms with van der Waals surface area (Å²) in [4.78, 5) is 22.7. The molecule has 8 nitrogen and oxygen atoms in total. The molecule has 0 spiro atoms. The van der Waals surface area contributed by atoms with Crippen molar-refractivity contribution >= 4 is 17.3 Å². The first-order valence-electron chi connectivity index (χ1n) is 6.62. The molecule has 0 aliphatic carbocycles. The maximum absolute atomic E-state index is 12.4. The molecule has 0 bridgehead atoms. The number of rotatable bonds is 4. The average molecular weight is 316 g/mol. The Bertz CT molecular complexity index is 790. The fraction of sp³-hybridized carbons (Fsp3) is 0.133. The maximum atomic E-state index is 12.4. The van der Waals surface area contributed by atoms with Crippen LogP contribution in [-0.2, 0) is 0 Å². The molecule has 0 atom stereocenters. The number of hydrogen-bond donors (Lipinski definition) is 1. The van der Waals surface area contributed by atoms with Crippen LogP contribution in [-0.4, -0.2) is 24.7 Å². The van der Waals surface area contributed by atoms with E-state index in [2.05, 4.69) is 5.32 Å². The molecule has 0 radical (unpaired) electrons. The molecule has 0 saturated carbocycles. The number of nitrogens with one attached hydrogen (secondary N) is 1. The average Bonchev–Trinajstić information content (AvgIpc) is 3.01. The summed E-state index contributed by atoms with van der Waals surface area (Å²) in [6, 6.07) is 8.76. The second kappa shape index (κ2) is 5.84. The van der Waals surface area contributed by atoms with Crippen molar-refractivity contribution in [1.82, 2.24) is 0 Å². The fourth-order valence-corrected chi connectivity index (χ4v) is 2.16. The summed E-state index contributed by atoms with van der Waals surface area (Å²) in [5, 5.41) is 13.5. The fourth-order valence-electron chi connectivity index (χ4n) is 2.16. The molecule has 1 amide bonds. The predicted molar refractivity (Wildman–Crippen MR) is 80.2 cm³/mol. The van der Waals surface area contributed by atoms with Crippen LogP contribution in [0, 0.1) is 10.1 Å². The lowest BCUT2D eigenvalue weighted by molar-refractivity contribution is -0.384. The Hall–Kier alpha value is -3.29. The van der Waals surface area contributed by atoms with E-state index in [1.165, 1.54) is 25.3 Å². The highest BCUT2D eigenvalue weighted by atomic mass is 16.7. The molecule has 1 N–H and O–H groups in total. The number of amides is 1. The molecule has 0 unspecified atom stereocenters. The lowest BCUT2D eigenvalue weighted by Gasteiger charge is -2.09. The number of ether oxygens (including phenoxy) is 3. The molecule has 3 rings (SSSR count). The Labute approximate surface area is 130 Å². The molecule has 0 fully saturated rings. The zero-order valence-electron chi connectivity index (χ0n) is 12.1. The number of methoxy groups -OCH3 is 1. The van der Waals surface area contributed by atoms with E-state index in [9.17, 15) is 14.9 Å². The number of nitrogens with zero attached hydrogens (tertiary/aromatic N) is 1. The minimum absolute atomic E-state index is 0.0689. The number of anilines is 1. The monoisotopic (exact) mass is 316 g/mol. The van der Waals surface area contributed by atoms with E-state index >= 15 is 0 Å². The van der Waals surface area contributed by atoms with Crippen molar-refractivity contribution < 1.29 is 23.9 Å². The van der Waals surface area contributed by atoms with E-state index in [1.54, 1.807) is 18.2 Å². The summed E-state index contributed by atoms with van der Waals surface area (Å²) in [6.07, 6.45) is 0. The molecule has 0 saturated heterocycles. The maximum Gasteiger partial charge on any atom is 0.270 e. The number of carbonyl (C=O) groups excluding carboxylic acids is 1. The Morgan fingerprint density at radius 3 is 2.74 bits per heavy atom. The molecule has 2 aromatic carbocycles. The van der Waals surface area contributed by atoms with E-state index < -0.39 is 10.8 Å². The van der Waals surface area contributed by atoms with Gasteiger partial charge >= 0.3 is 0 Å². The number of benzene rings is 2. The smallest absolute Gasteiger partial charge is 0.270 e. The summed E-state index contributed by atoms with van der Waals surface area (Å²) in [5.41, 5.74) is 0.355. The first-order valence-corrected chi connectivity index (χ1v) is 6.62. The molecule has 118 valence electrons. The Morgan fingerprint density at radius 1 is 1.22 bits per heavy atom. The second-order valence-electron chi connectivity index (χ2n) is 4.66. The van der Waals surface area contributed by atoms with E-state index in [4.69, 9.17) is 14.2 Å². The van der Waals surface area contributed by atoms with Crippen LogP contribution in [0.1, 0.15) is 10.4 Å². The predicted octanol–water partition coefficient (Wildman–Crippen LogP) is 2.58. The highest BCUT2D eigenvalue weighted by Gasteiger charge is 2.19. The van der Waals surface area contributed by atoms with Crippen molar-refractivity contribution in [2.24, 2.45) is 0 Å². The summed E-state index contributed by atoms with van der Waals surface area (Å²) < 4.78 is 15.5. The van der Waals surface area contributed by atoms with Crippen molar-refractivity contribution in [3.8, 4) is 17.2 Å². The topological polar surface area (TPSA) is 99.9 Å². The van der Waals surface area contributed by atoms with Gasteiger partial charge in [0.2, 0.25) is 6.79 Å². The number of nitro groups is 1. The molecular weight excluding hydrogens is 304 g/mol. The van der Waals surface area contributed by atoms with Gasteiger partial charge in [-0.3, -0.25) is 14.9 Å². The van der Waals surface area contributed by atoms with Gasteiger partial charge in [-0.05, 0) is 18.2 Å². The number of non-ortho nitro benzene ring substituents is 1. The highest BCUT2D eigenvalue weighted by Crippen LogP contribution is 2.34. The largest absolute Gasteiger partial charge is 0.496 e. The summed E-state index contributed by atoms with van der Waals surface area (Å²) in [5.74, 6) is 0.836. The summed E-state index contributed by atoms with van der Waals surface area (Å²) in [7, 11) is 1.39. The second-order valence-corrected chi connectivity index (χ2v) is 4.66. The number of fused-ring (bicyclic) bond motifs is 1. The standard InChI is InChI=1S/C15H12N2O6/c1-21-12-5-3-10(17(19)20)7-11(12)15(18)16-9-2-4-13-14(6-9)23-8-22-13/h2-7H,8H2,1H3,(H,16,18). The molecule has 2 aromatic rings. The first kappa shape index (κ1) is 14.6. The van der Waals surface area contributed by atoms with Crippen LogP contribution in [0.5, 0.6) is 17.2 Å². The minimum Gasteiger partial charge on any atom is -0.496 e. The van der Waals surface area contributed by atoms with Crippen molar-refractivity contribution in [3.63, 3.8) is 0 Å². The third-order valence-electron chi connectivity index (χ3n) is 3.27. The lowest BCUT2D eigenvalue weighted by atomic mass is 10.1. The van der Waals surface area contributed by atoms with Crippen molar-refractivity contribution in [2.75, 3.05) is 19.2 Å². The SMILES string of the molecule is COc1ccc([N+](=O)[O-])cc1C(=O)Nc1ccc2c(c1)OCO2. The van der Waals surface area contributed by atoms with Gasteiger partial charge in [-0.25, -0.2) is 0 Å². The first-order chi connectivity index (χ1) is 11.1. The van der Waals surface area contributed by atoms with Crippen LogP contribution in [0.25, 0.3) is 0 Å². The van der Waals surface area contributed by atoms with E-state index in [0.717, 1.165) is 0 Å². The van der Waals surface area contributed by atoms with Crippen molar-refractivity contribution in [1.29, 1.82) is 0 Å². The van der Waals surface area contributed by atoms with Crippen molar-refractivity contribution in [2.45, 2.75) is 0 Å². The molecule has 1 aliphatic heterocycles. The summed E-state index contributed by atoms with van der Waals surface area (Å²) >= 11 is 0. The van der Waals surface area contributed by atoms with Gasteiger partial charge in [-0.2, -0.15) is 0 Å². The Kier molecular flexibility index (Phi) is 3.71. The van der Waals surface area contributed by atoms with Crippen LogP contribution in [0.2, 0.25) is 0 Å². The lowest BCUT2D eigenvalue weighted by Crippen LogP contribution is -2.13. The summed E-state index contributed by atoms with van der Waals surface area (Å²) in [6.45, 7) is 0.130. The highest BCUT2D eigenvalue weighted by molar-refractivity contribution is 6.06. The van der Waals surface area contributed by atoms with Gasteiger partial charge in [0.15, 0.2) is 11.5 Å². The van der Waals surface area contributed by atoms with Crippen LogP contribution in [0.4, 0.5) is 11.4 Å². The van der Waals surface area contributed by atoms with Gasteiger partial charge in [-0.15, -0.1) is 0 Å². The van der Waals surface area contributed by atoms with E-state index in [-0.39, 0.29) is 23.8 Å². The number of nitro benzene ring substituents is 1. The molecule has 8 heteroatoms. The van der Waals surface area contributed by atoms with Gasteiger partial charge < -0.3 is 19.5 Å². The van der Waals surface area contributed by atoms with Crippen LogP contribution >= 0.6 is 0 Å². The van der Waals surface area contributed by atoms with E-state index in [0.29, 0.717) is 17.2 Å². The van der Waals surface area contributed by atoms with Gasteiger partial charge in [-0.1, -0.05) is 0 Å². The quantitative estimate of drug-likeness (QED) is 0.687. The van der Waals surface area contributed by atoms with Gasteiger partial charge in [0.25, 0.3) is 11.6 Å². The third kappa shape index (κ3) is 2.86. The molecule has 23 heavy (non-hydrogen) atoms. The Morgan fingerprint density at radius 2 is 2.00 bits per heavy atom. The molecular formula is C15H12N2O6. The van der Waals surface area contributed by atoms with Crippen molar-refractivity contribution in [3.05, 3.63) is 52.1 Å². The number of carbonyl (C=O) groups is 1. The third-order valence-corrected chi connectivity index (χ3v) is 3.27. The van der Waals surface area contributed by atoms with Crippen LogP contribution in [0.15, 0.2) is 36.4 Å². The zero-order chi connectivity index (χ0) is 16.4. The molecule has 1 heterocycles. The van der Waals surface area contributed by atoms with Gasteiger partial charge in [0.1, 0.15) is 5.75 Å². The van der Waals surface area contributed by atoms with Gasteiger partial charge in [0.05, 0.1) is 17.6 Å². The van der Waals surface area contributed by atoms with E-state index in [1.807, 2.05) is 0 Å². The number of hydrogen-bond acceptors (Lipinski definition) is 6. The molecule has 0 aromatic heterocycles. The minimum atomic E-state index is -0.573. The van der Waals surface area contributed by atoms with Crippen LogP contribution < -0.4 is 19.5 Å². The van der Waals surface area contributed by atoms with Crippen LogP contribution in [0.3, 0.4) is 0 Å². The molecule has 1 aliphatic rings. The Balaban J connectivity index is 1.88.